The second-order valence-electron chi connectivity index (χ2n) is 15.5. The van der Waals surface area contributed by atoms with Crippen LogP contribution in [-0.2, 0) is 19.1 Å². The van der Waals surface area contributed by atoms with Gasteiger partial charge < -0.3 is 14.6 Å². The van der Waals surface area contributed by atoms with Crippen molar-refractivity contribution in [3.8, 4) is 0 Å². The van der Waals surface area contributed by atoms with Crippen molar-refractivity contribution in [2.75, 3.05) is 13.2 Å². The Morgan fingerprint density at radius 3 is 1.15 bits per heavy atom. The minimum absolute atomic E-state index is 0.0749. The standard InChI is InChI=1S/C50H88O5/c1-3-5-7-9-11-13-15-17-19-20-21-22-23-24-25-26-27-28-29-30-31-33-35-37-39-41-43-45-50(53)55-48(46-51)47-54-49(52)44-42-40-38-36-34-32-18-16-14-12-10-8-6-4-2/h10,12,15-18,20-21,23-24,48,51H,3-9,11,13-14,19,22,25-47H2,1-2H3/b12-10-,17-15-,18-16-,21-20-,24-23-. The fraction of sp³-hybridized carbons (Fsp3) is 0.760. The van der Waals surface area contributed by atoms with Gasteiger partial charge in [0.15, 0.2) is 6.10 Å². The molecule has 0 rings (SSSR count). The Morgan fingerprint density at radius 1 is 0.418 bits per heavy atom. The number of esters is 2. The largest absolute Gasteiger partial charge is 0.462 e. The van der Waals surface area contributed by atoms with Crippen molar-refractivity contribution in [2.45, 2.75) is 232 Å². The number of aliphatic hydroxyl groups excluding tert-OH is 1. The maximum absolute atomic E-state index is 12.2. The van der Waals surface area contributed by atoms with Crippen LogP contribution in [0.1, 0.15) is 226 Å². The molecule has 0 heterocycles. The third kappa shape index (κ3) is 44.2. The maximum Gasteiger partial charge on any atom is 0.306 e. The van der Waals surface area contributed by atoms with Crippen molar-refractivity contribution in [3.63, 3.8) is 0 Å². The summed E-state index contributed by atoms with van der Waals surface area (Å²) >= 11 is 0. The predicted octanol–water partition coefficient (Wildman–Crippen LogP) is 15.1. The number of unbranched alkanes of at least 4 members (excludes halogenated alkanes) is 24. The quantitative estimate of drug-likeness (QED) is 0.0380. The molecular formula is C50H88O5. The molecule has 0 aliphatic heterocycles. The van der Waals surface area contributed by atoms with Gasteiger partial charge in [-0.15, -0.1) is 0 Å². The van der Waals surface area contributed by atoms with Crippen LogP contribution in [0.15, 0.2) is 60.8 Å². The minimum Gasteiger partial charge on any atom is -0.462 e. The Balaban J connectivity index is 3.52. The van der Waals surface area contributed by atoms with E-state index in [9.17, 15) is 14.7 Å². The summed E-state index contributed by atoms with van der Waals surface area (Å²) in [4.78, 5) is 24.3. The molecule has 0 radical (unpaired) electrons. The molecule has 1 atom stereocenters. The Kier molecular flexibility index (Phi) is 44.0. The molecule has 0 spiro atoms. The Bertz CT molecular complexity index is 961. The van der Waals surface area contributed by atoms with E-state index < -0.39 is 6.10 Å². The number of hydrogen-bond acceptors (Lipinski definition) is 5. The van der Waals surface area contributed by atoms with Crippen molar-refractivity contribution in [2.24, 2.45) is 0 Å². The molecule has 0 fully saturated rings. The number of aliphatic hydroxyl groups is 1. The SMILES string of the molecule is CCCC/C=C\C/C=C\CCCCCCCC(=O)OCC(CO)OC(=O)CCCCCCCCCCCCCC/C=C\C/C=C\C/C=C\CCCCCCC. The number of hydrogen-bond donors (Lipinski definition) is 1. The van der Waals surface area contributed by atoms with E-state index in [4.69, 9.17) is 9.47 Å². The molecule has 1 N–H and O–H groups in total. The molecule has 55 heavy (non-hydrogen) atoms. The summed E-state index contributed by atoms with van der Waals surface area (Å²) in [6.07, 6.45) is 60.1. The summed E-state index contributed by atoms with van der Waals surface area (Å²) in [5.41, 5.74) is 0. The average Bonchev–Trinajstić information content (AvgIpc) is 3.19. The third-order valence-electron chi connectivity index (χ3n) is 10.0. The van der Waals surface area contributed by atoms with E-state index in [1.807, 2.05) is 0 Å². The fourth-order valence-electron chi connectivity index (χ4n) is 6.46. The van der Waals surface area contributed by atoms with Gasteiger partial charge in [0, 0.05) is 12.8 Å². The first-order valence-electron chi connectivity index (χ1n) is 23.3. The molecule has 0 aromatic rings. The molecule has 0 aromatic carbocycles. The number of carbonyl (C=O) groups excluding carboxylic acids is 2. The van der Waals surface area contributed by atoms with E-state index in [0.29, 0.717) is 12.8 Å². The van der Waals surface area contributed by atoms with E-state index in [-0.39, 0.29) is 25.2 Å². The van der Waals surface area contributed by atoms with Crippen molar-refractivity contribution >= 4 is 11.9 Å². The van der Waals surface area contributed by atoms with Crippen LogP contribution in [0.2, 0.25) is 0 Å². The van der Waals surface area contributed by atoms with Crippen LogP contribution in [0.25, 0.3) is 0 Å². The van der Waals surface area contributed by atoms with Crippen LogP contribution in [0.5, 0.6) is 0 Å². The minimum atomic E-state index is -0.780. The second kappa shape index (κ2) is 46.0. The first-order valence-corrected chi connectivity index (χ1v) is 23.3. The summed E-state index contributed by atoms with van der Waals surface area (Å²) in [5, 5.41) is 9.59. The molecule has 0 amide bonds. The highest BCUT2D eigenvalue weighted by Gasteiger charge is 2.16. The molecular weight excluding hydrogens is 681 g/mol. The van der Waals surface area contributed by atoms with Gasteiger partial charge in [-0.3, -0.25) is 9.59 Å². The monoisotopic (exact) mass is 769 g/mol. The number of carbonyl (C=O) groups is 2. The lowest BCUT2D eigenvalue weighted by molar-refractivity contribution is -0.161. The molecule has 0 saturated carbocycles. The summed E-state index contributed by atoms with van der Waals surface area (Å²) in [7, 11) is 0. The molecule has 0 aliphatic rings. The van der Waals surface area contributed by atoms with Crippen LogP contribution in [0.3, 0.4) is 0 Å². The first-order chi connectivity index (χ1) is 27.1. The number of ether oxygens (including phenoxy) is 2. The highest BCUT2D eigenvalue weighted by Crippen LogP contribution is 2.14. The average molecular weight is 769 g/mol. The lowest BCUT2D eigenvalue weighted by atomic mass is 10.0. The molecule has 318 valence electrons. The topological polar surface area (TPSA) is 72.8 Å². The van der Waals surface area contributed by atoms with Gasteiger partial charge >= 0.3 is 11.9 Å². The smallest absolute Gasteiger partial charge is 0.306 e. The zero-order valence-electron chi connectivity index (χ0n) is 36.2. The van der Waals surface area contributed by atoms with Gasteiger partial charge in [0.05, 0.1) is 6.61 Å². The maximum atomic E-state index is 12.2. The van der Waals surface area contributed by atoms with Crippen molar-refractivity contribution < 1.29 is 24.2 Å². The van der Waals surface area contributed by atoms with Crippen LogP contribution in [-0.4, -0.2) is 36.4 Å². The van der Waals surface area contributed by atoms with Crippen molar-refractivity contribution in [1.29, 1.82) is 0 Å². The van der Waals surface area contributed by atoms with Crippen molar-refractivity contribution in [3.05, 3.63) is 60.8 Å². The van der Waals surface area contributed by atoms with E-state index in [1.54, 1.807) is 0 Å². The van der Waals surface area contributed by atoms with Gasteiger partial charge in [0.25, 0.3) is 0 Å². The van der Waals surface area contributed by atoms with Crippen molar-refractivity contribution in [1.82, 2.24) is 0 Å². The molecule has 1 unspecified atom stereocenters. The third-order valence-corrected chi connectivity index (χ3v) is 10.0. The van der Waals surface area contributed by atoms with E-state index in [2.05, 4.69) is 74.6 Å². The zero-order valence-corrected chi connectivity index (χ0v) is 36.2. The highest BCUT2D eigenvalue weighted by molar-refractivity contribution is 5.70. The number of rotatable bonds is 42. The molecule has 0 bridgehead atoms. The lowest BCUT2D eigenvalue weighted by Gasteiger charge is -2.15. The Hall–Kier alpha value is -2.40. The van der Waals surface area contributed by atoms with Gasteiger partial charge in [-0.2, -0.15) is 0 Å². The molecule has 0 aliphatic carbocycles. The predicted molar refractivity (Wildman–Crippen MR) is 237 cm³/mol. The van der Waals surface area contributed by atoms with Gasteiger partial charge in [-0.1, -0.05) is 197 Å². The fourth-order valence-corrected chi connectivity index (χ4v) is 6.46. The van der Waals surface area contributed by atoms with E-state index in [0.717, 1.165) is 64.2 Å². The Morgan fingerprint density at radius 2 is 0.745 bits per heavy atom. The summed E-state index contributed by atoms with van der Waals surface area (Å²) < 4.78 is 10.6. The van der Waals surface area contributed by atoms with Crippen LogP contribution in [0, 0.1) is 0 Å². The normalized spacial score (nSPS) is 12.7. The zero-order chi connectivity index (χ0) is 40.0. The summed E-state index contributed by atoms with van der Waals surface area (Å²) in [5.74, 6) is -0.608. The lowest BCUT2D eigenvalue weighted by Crippen LogP contribution is -2.28. The van der Waals surface area contributed by atoms with Gasteiger partial charge in [-0.05, 0) is 77.0 Å². The molecule has 5 heteroatoms. The summed E-state index contributed by atoms with van der Waals surface area (Å²) in [6, 6.07) is 0. The van der Waals surface area contributed by atoms with E-state index >= 15 is 0 Å². The second-order valence-corrected chi connectivity index (χ2v) is 15.5. The van der Waals surface area contributed by atoms with E-state index in [1.165, 1.54) is 135 Å². The van der Waals surface area contributed by atoms with Crippen LogP contribution >= 0.6 is 0 Å². The summed E-state index contributed by atoms with van der Waals surface area (Å²) in [6.45, 7) is 4.08. The molecule has 5 nitrogen and oxygen atoms in total. The van der Waals surface area contributed by atoms with Gasteiger partial charge in [-0.25, -0.2) is 0 Å². The highest BCUT2D eigenvalue weighted by atomic mass is 16.6. The molecule has 0 aromatic heterocycles. The van der Waals surface area contributed by atoms with Crippen LogP contribution in [0.4, 0.5) is 0 Å². The molecule has 0 saturated heterocycles. The first kappa shape index (κ1) is 52.6. The van der Waals surface area contributed by atoms with Crippen LogP contribution < -0.4 is 0 Å². The Labute approximate surface area is 341 Å². The van der Waals surface area contributed by atoms with Gasteiger partial charge in [0.2, 0.25) is 0 Å². The van der Waals surface area contributed by atoms with Gasteiger partial charge in [0.1, 0.15) is 6.61 Å². The number of allylic oxidation sites excluding steroid dienone is 10.